The Morgan fingerprint density at radius 1 is 1.18 bits per heavy atom. The number of hydrogen-bond donors (Lipinski definition) is 2. The molecule has 1 aliphatic heterocycles. The smallest absolute Gasteiger partial charge is 0.270 e. The van der Waals surface area contributed by atoms with Gasteiger partial charge in [0.2, 0.25) is 5.91 Å². The first kappa shape index (κ1) is 18.9. The van der Waals surface area contributed by atoms with Crippen molar-refractivity contribution in [3.05, 3.63) is 58.4 Å². The highest BCUT2D eigenvalue weighted by Crippen LogP contribution is 2.42. The molecule has 7 heteroatoms. The maximum absolute atomic E-state index is 12.9. The zero-order valence-corrected chi connectivity index (χ0v) is 16.6. The number of aromatic amines is 1. The molecule has 0 unspecified atom stereocenters. The van der Waals surface area contributed by atoms with Crippen molar-refractivity contribution in [1.29, 1.82) is 0 Å². The van der Waals surface area contributed by atoms with E-state index in [1.165, 1.54) is 18.2 Å². The monoisotopic (exact) mass is 399 g/mol. The van der Waals surface area contributed by atoms with Crippen molar-refractivity contribution in [3.8, 4) is 5.75 Å². The van der Waals surface area contributed by atoms with E-state index in [2.05, 4.69) is 17.0 Å². The summed E-state index contributed by atoms with van der Waals surface area (Å²) < 4.78 is 7.46. The number of benzene rings is 1. The third-order valence-corrected chi connectivity index (χ3v) is 6.62. The lowest BCUT2D eigenvalue weighted by atomic mass is 9.95. The number of carbonyl (C=O) groups excluding carboxylic acids is 1. The van der Waals surface area contributed by atoms with E-state index in [1.54, 1.807) is 6.08 Å². The normalized spacial score (nSPS) is 20.1. The number of amides is 1. The minimum absolute atomic E-state index is 0.0664. The molecule has 2 N–H and O–H groups in total. The predicted octanol–water partition coefficient (Wildman–Crippen LogP) is 4.02. The van der Waals surface area contributed by atoms with Crippen LogP contribution in [0.25, 0.3) is 0 Å². The van der Waals surface area contributed by atoms with Crippen LogP contribution in [0.1, 0.15) is 54.5 Å². The molecule has 2 aliphatic rings. The molecule has 1 aliphatic carbocycles. The van der Waals surface area contributed by atoms with Gasteiger partial charge in [-0.05, 0) is 30.5 Å². The summed E-state index contributed by atoms with van der Waals surface area (Å²) in [6.07, 6.45) is 7.29. The largest absolute Gasteiger partial charge is 0.490 e. The lowest BCUT2D eigenvalue weighted by Crippen LogP contribution is -2.21. The highest BCUT2D eigenvalue weighted by atomic mass is 32.2. The van der Waals surface area contributed by atoms with E-state index < -0.39 is 0 Å². The molecule has 1 atom stereocenters. The minimum atomic E-state index is -0.198. The Hall–Kier alpha value is -2.41. The second-order valence-electron chi connectivity index (χ2n) is 7.27. The fraction of sp³-hybridized carbons (Fsp3) is 0.429. The van der Waals surface area contributed by atoms with Crippen LogP contribution in [0.5, 0.6) is 5.75 Å². The maximum Gasteiger partial charge on any atom is 0.270 e. The van der Waals surface area contributed by atoms with Gasteiger partial charge in [-0.25, -0.2) is 0 Å². The van der Waals surface area contributed by atoms with Crippen LogP contribution in [0.2, 0.25) is 0 Å². The quantitative estimate of drug-likeness (QED) is 0.745. The third kappa shape index (κ3) is 3.76. The van der Waals surface area contributed by atoms with Crippen LogP contribution >= 0.6 is 11.8 Å². The molecular weight excluding hydrogens is 374 g/mol. The highest BCUT2D eigenvalue weighted by Gasteiger charge is 2.32. The highest BCUT2D eigenvalue weighted by molar-refractivity contribution is 8.00. The van der Waals surface area contributed by atoms with Gasteiger partial charge in [-0.1, -0.05) is 44.1 Å². The first-order chi connectivity index (χ1) is 13.7. The number of fused-ring (bicyclic) bond motifs is 1. The molecule has 0 radical (unpaired) electrons. The van der Waals surface area contributed by atoms with E-state index in [-0.39, 0.29) is 22.8 Å². The van der Waals surface area contributed by atoms with Crippen molar-refractivity contribution in [2.24, 2.45) is 0 Å². The van der Waals surface area contributed by atoms with E-state index in [0.29, 0.717) is 23.7 Å². The van der Waals surface area contributed by atoms with Crippen LogP contribution in [0, 0.1) is 0 Å². The Labute approximate surface area is 168 Å². The molecule has 6 nitrogen and oxygen atoms in total. The van der Waals surface area contributed by atoms with Gasteiger partial charge in [-0.15, -0.1) is 11.8 Å². The zero-order chi connectivity index (χ0) is 19.5. The number of nitrogens with one attached hydrogen (secondary N) is 2. The van der Waals surface area contributed by atoms with Crippen molar-refractivity contribution in [2.75, 3.05) is 17.7 Å². The number of ether oxygens (including phenoxy) is 1. The standard InChI is InChI=1S/C21H25N3O3S/c1-2-12-27-16-10-8-14(9-11-16)19-18-20(22-17(25)13-28-19)24(23-21(18)26)15-6-4-3-5-7-15/h2,8-11,15,19H,1,3-7,12-13H2,(H,22,25)(H,23,26)/t19-/m0/s1. The Balaban J connectivity index is 1.71. The average molecular weight is 400 g/mol. The second kappa shape index (κ2) is 8.31. The number of nitrogens with zero attached hydrogens (tertiary/aromatic N) is 1. The van der Waals surface area contributed by atoms with Crippen molar-refractivity contribution < 1.29 is 9.53 Å². The zero-order valence-electron chi connectivity index (χ0n) is 15.8. The van der Waals surface area contributed by atoms with E-state index in [0.717, 1.165) is 37.0 Å². The molecule has 1 aromatic carbocycles. The fourth-order valence-corrected chi connectivity index (χ4v) is 5.14. The molecule has 2 heterocycles. The summed E-state index contributed by atoms with van der Waals surface area (Å²) in [6, 6.07) is 7.96. The minimum Gasteiger partial charge on any atom is -0.490 e. The van der Waals surface area contributed by atoms with Crippen LogP contribution < -0.4 is 15.6 Å². The number of anilines is 1. The molecule has 1 amide bonds. The average Bonchev–Trinajstić information content (AvgIpc) is 2.93. The van der Waals surface area contributed by atoms with Gasteiger partial charge in [0.1, 0.15) is 18.2 Å². The topological polar surface area (TPSA) is 76.1 Å². The summed E-state index contributed by atoms with van der Waals surface area (Å²) in [6.45, 7) is 4.10. The van der Waals surface area contributed by atoms with Gasteiger partial charge in [-0.3, -0.25) is 19.4 Å². The molecular formula is C21H25N3O3S. The summed E-state index contributed by atoms with van der Waals surface area (Å²) in [4.78, 5) is 25.3. The fourth-order valence-electron chi connectivity index (χ4n) is 4.01. The van der Waals surface area contributed by atoms with E-state index in [4.69, 9.17) is 4.74 Å². The summed E-state index contributed by atoms with van der Waals surface area (Å²) >= 11 is 1.48. The Bertz CT molecular complexity index is 910. The summed E-state index contributed by atoms with van der Waals surface area (Å²) in [5, 5.41) is 5.80. The number of aromatic nitrogens is 2. The van der Waals surface area contributed by atoms with E-state index in [9.17, 15) is 9.59 Å². The van der Waals surface area contributed by atoms with Gasteiger partial charge in [-0.2, -0.15) is 0 Å². The molecule has 0 bridgehead atoms. The third-order valence-electron chi connectivity index (χ3n) is 5.35. The first-order valence-corrected chi connectivity index (χ1v) is 10.8. The van der Waals surface area contributed by atoms with E-state index in [1.807, 2.05) is 28.9 Å². The van der Waals surface area contributed by atoms with Crippen molar-refractivity contribution in [1.82, 2.24) is 9.78 Å². The molecule has 1 fully saturated rings. The molecule has 0 spiro atoms. The number of H-pyrrole nitrogens is 1. The molecule has 148 valence electrons. The van der Waals surface area contributed by atoms with Gasteiger partial charge in [0.25, 0.3) is 5.56 Å². The predicted molar refractivity (Wildman–Crippen MR) is 112 cm³/mol. The molecule has 1 aromatic heterocycles. The van der Waals surface area contributed by atoms with Crippen molar-refractivity contribution in [3.63, 3.8) is 0 Å². The van der Waals surface area contributed by atoms with Gasteiger partial charge in [0.05, 0.1) is 22.6 Å². The molecule has 2 aromatic rings. The lowest BCUT2D eigenvalue weighted by Gasteiger charge is -2.24. The van der Waals surface area contributed by atoms with Gasteiger partial charge in [0.15, 0.2) is 0 Å². The van der Waals surface area contributed by atoms with Crippen LogP contribution in [0.3, 0.4) is 0 Å². The lowest BCUT2D eigenvalue weighted by molar-refractivity contribution is -0.113. The Kier molecular flexibility index (Phi) is 5.62. The SMILES string of the molecule is C=CCOc1ccc([C@@H]2SCC(=O)Nc3c2c(=O)[nH]n3C2CCCCC2)cc1. The first-order valence-electron chi connectivity index (χ1n) is 9.77. The van der Waals surface area contributed by atoms with Crippen molar-refractivity contribution >= 4 is 23.5 Å². The van der Waals surface area contributed by atoms with Crippen molar-refractivity contribution in [2.45, 2.75) is 43.4 Å². The number of thioether (sulfide) groups is 1. The second-order valence-corrected chi connectivity index (χ2v) is 8.37. The number of carbonyl (C=O) groups is 1. The van der Waals surface area contributed by atoms with Gasteiger partial charge < -0.3 is 10.1 Å². The van der Waals surface area contributed by atoms with Crippen LogP contribution in [0.4, 0.5) is 5.82 Å². The Morgan fingerprint density at radius 2 is 1.93 bits per heavy atom. The Morgan fingerprint density at radius 3 is 2.64 bits per heavy atom. The number of hydrogen-bond acceptors (Lipinski definition) is 4. The number of rotatable bonds is 5. The molecule has 1 saturated carbocycles. The van der Waals surface area contributed by atoms with Crippen LogP contribution in [0.15, 0.2) is 41.7 Å². The summed E-state index contributed by atoms with van der Waals surface area (Å²) in [7, 11) is 0. The summed E-state index contributed by atoms with van der Waals surface area (Å²) in [5.74, 6) is 1.65. The maximum atomic E-state index is 12.9. The van der Waals surface area contributed by atoms with Crippen LogP contribution in [-0.2, 0) is 4.79 Å². The van der Waals surface area contributed by atoms with Gasteiger partial charge in [0, 0.05) is 0 Å². The molecule has 28 heavy (non-hydrogen) atoms. The summed E-state index contributed by atoms with van der Waals surface area (Å²) in [5.41, 5.74) is 1.51. The van der Waals surface area contributed by atoms with Crippen LogP contribution in [-0.4, -0.2) is 28.0 Å². The van der Waals surface area contributed by atoms with Gasteiger partial charge >= 0.3 is 0 Å². The van der Waals surface area contributed by atoms with E-state index >= 15 is 0 Å². The molecule has 4 rings (SSSR count). The molecule has 0 saturated heterocycles.